The highest BCUT2D eigenvalue weighted by Gasteiger charge is 2.23. The lowest BCUT2D eigenvalue weighted by Gasteiger charge is -2.19. The van der Waals surface area contributed by atoms with Crippen molar-refractivity contribution in [3.8, 4) is 17.2 Å². The van der Waals surface area contributed by atoms with Crippen molar-refractivity contribution in [2.45, 2.75) is 19.6 Å². The van der Waals surface area contributed by atoms with Crippen LogP contribution in [0.25, 0.3) is 0 Å². The van der Waals surface area contributed by atoms with Crippen molar-refractivity contribution >= 4 is 17.6 Å². The van der Waals surface area contributed by atoms with Gasteiger partial charge in [0.15, 0.2) is 17.6 Å². The van der Waals surface area contributed by atoms with Crippen molar-refractivity contribution < 1.29 is 37.3 Å². The molecule has 0 fully saturated rings. The molecule has 1 unspecified atom stereocenters. The quantitative estimate of drug-likeness (QED) is 0.759. The van der Waals surface area contributed by atoms with E-state index in [1.54, 1.807) is 18.2 Å². The molecule has 1 heterocycles. The summed E-state index contributed by atoms with van der Waals surface area (Å²) in [7, 11) is 0. The SMILES string of the molecule is CC(OC(=O)c1ccccc1OC(F)F)C(=O)Nc1ccc2c(c1)OCCO2. The second-order valence-corrected chi connectivity index (χ2v) is 5.77. The molecule has 3 rings (SSSR count). The topological polar surface area (TPSA) is 83.1 Å². The second kappa shape index (κ2) is 8.55. The summed E-state index contributed by atoms with van der Waals surface area (Å²) in [5.74, 6) is -0.827. The molecule has 7 nitrogen and oxygen atoms in total. The molecule has 0 saturated heterocycles. The number of para-hydroxylation sites is 1. The number of halogens is 2. The molecule has 0 aliphatic carbocycles. The second-order valence-electron chi connectivity index (χ2n) is 5.77. The number of alkyl halides is 2. The number of rotatable bonds is 6. The van der Waals surface area contributed by atoms with E-state index in [1.165, 1.54) is 31.2 Å². The first-order chi connectivity index (χ1) is 13.4. The lowest BCUT2D eigenvalue weighted by atomic mass is 10.2. The van der Waals surface area contributed by atoms with Crippen molar-refractivity contribution in [1.82, 2.24) is 0 Å². The molecule has 9 heteroatoms. The smallest absolute Gasteiger partial charge is 0.387 e. The number of carbonyl (C=O) groups excluding carboxylic acids is 2. The van der Waals surface area contributed by atoms with E-state index in [9.17, 15) is 18.4 Å². The van der Waals surface area contributed by atoms with Crippen LogP contribution in [0.5, 0.6) is 17.2 Å². The Balaban J connectivity index is 1.64. The third kappa shape index (κ3) is 4.67. The summed E-state index contributed by atoms with van der Waals surface area (Å²) in [4.78, 5) is 24.5. The van der Waals surface area contributed by atoms with Crippen molar-refractivity contribution in [1.29, 1.82) is 0 Å². The summed E-state index contributed by atoms with van der Waals surface area (Å²) in [6, 6.07) is 10.2. The van der Waals surface area contributed by atoms with Crippen LogP contribution in [-0.2, 0) is 9.53 Å². The fourth-order valence-corrected chi connectivity index (χ4v) is 2.48. The van der Waals surface area contributed by atoms with Gasteiger partial charge in [0.05, 0.1) is 0 Å². The van der Waals surface area contributed by atoms with E-state index in [1.807, 2.05) is 0 Å². The van der Waals surface area contributed by atoms with Crippen molar-refractivity contribution in [3.05, 3.63) is 48.0 Å². The minimum absolute atomic E-state index is 0.207. The number of hydrogen-bond donors (Lipinski definition) is 1. The average molecular weight is 393 g/mol. The zero-order valence-corrected chi connectivity index (χ0v) is 14.8. The van der Waals surface area contributed by atoms with Crippen LogP contribution in [0.2, 0.25) is 0 Å². The van der Waals surface area contributed by atoms with Gasteiger partial charge in [-0.15, -0.1) is 0 Å². The number of fused-ring (bicyclic) bond motifs is 1. The molecule has 1 aliphatic heterocycles. The van der Waals surface area contributed by atoms with Crippen LogP contribution in [0.4, 0.5) is 14.5 Å². The highest BCUT2D eigenvalue weighted by atomic mass is 19.3. The Kier molecular flexibility index (Phi) is 5.93. The molecule has 0 aromatic heterocycles. The van der Waals surface area contributed by atoms with E-state index in [-0.39, 0.29) is 11.3 Å². The molecule has 1 aliphatic rings. The van der Waals surface area contributed by atoms with Crippen molar-refractivity contribution in [2.24, 2.45) is 0 Å². The predicted octanol–water partition coefficient (Wildman–Crippen LogP) is 3.24. The van der Waals surface area contributed by atoms with E-state index in [0.717, 1.165) is 0 Å². The zero-order valence-electron chi connectivity index (χ0n) is 14.8. The minimum Gasteiger partial charge on any atom is -0.486 e. The zero-order chi connectivity index (χ0) is 20.1. The average Bonchev–Trinajstić information content (AvgIpc) is 2.67. The Morgan fingerprint density at radius 3 is 2.54 bits per heavy atom. The normalized spacial score (nSPS) is 13.6. The van der Waals surface area contributed by atoms with Gasteiger partial charge in [-0.05, 0) is 31.2 Å². The number of nitrogens with one attached hydrogen (secondary N) is 1. The molecular formula is C19H17F2NO6. The van der Waals surface area contributed by atoms with Gasteiger partial charge in [-0.3, -0.25) is 4.79 Å². The molecule has 28 heavy (non-hydrogen) atoms. The van der Waals surface area contributed by atoms with E-state index in [4.69, 9.17) is 14.2 Å². The summed E-state index contributed by atoms with van der Waals surface area (Å²) < 4.78 is 45.1. The molecule has 0 saturated carbocycles. The summed E-state index contributed by atoms with van der Waals surface area (Å²) in [5, 5.41) is 2.59. The molecule has 1 amide bonds. The van der Waals surface area contributed by atoms with Crippen LogP contribution in [0.1, 0.15) is 17.3 Å². The fourth-order valence-electron chi connectivity index (χ4n) is 2.48. The van der Waals surface area contributed by atoms with Gasteiger partial charge in [-0.2, -0.15) is 8.78 Å². The Morgan fingerprint density at radius 1 is 1.07 bits per heavy atom. The van der Waals surface area contributed by atoms with Crippen molar-refractivity contribution in [3.63, 3.8) is 0 Å². The maximum absolute atomic E-state index is 12.5. The molecule has 1 N–H and O–H groups in total. The summed E-state index contributed by atoms with van der Waals surface area (Å²) in [6.45, 7) is -0.882. The van der Waals surface area contributed by atoms with Gasteiger partial charge in [0, 0.05) is 11.8 Å². The van der Waals surface area contributed by atoms with Gasteiger partial charge in [-0.1, -0.05) is 12.1 Å². The van der Waals surface area contributed by atoms with Gasteiger partial charge >= 0.3 is 12.6 Å². The lowest BCUT2D eigenvalue weighted by molar-refractivity contribution is -0.123. The fraction of sp³-hybridized carbons (Fsp3) is 0.263. The highest BCUT2D eigenvalue weighted by Crippen LogP contribution is 2.32. The largest absolute Gasteiger partial charge is 0.486 e. The summed E-state index contributed by atoms with van der Waals surface area (Å²) in [6.07, 6.45) is -1.18. The highest BCUT2D eigenvalue weighted by molar-refractivity contribution is 5.98. The maximum atomic E-state index is 12.5. The molecule has 1 atom stereocenters. The van der Waals surface area contributed by atoms with E-state index in [2.05, 4.69) is 10.1 Å². The predicted molar refractivity (Wildman–Crippen MR) is 94.0 cm³/mol. The number of benzene rings is 2. The van der Waals surface area contributed by atoms with Crippen LogP contribution in [0.15, 0.2) is 42.5 Å². The third-order valence-electron chi connectivity index (χ3n) is 3.79. The van der Waals surface area contributed by atoms with Gasteiger partial charge in [0.25, 0.3) is 5.91 Å². The van der Waals surface area contributed by atoms with Gasteiger partial charge in [0.1, 0.15) is 24.5 Å². The number of carbonyl (C=O) groups is 2. The first-order valence-corrected chi connectivity index (χ1v) is 8.39. The Labute approximate surface area is 159 Å². The number of hydrogen-bond acceptors (Lipinski definition) is 6. The van der Waals surface area contributed by atoms with Crippen LogP contribution in [-0.4, -0.2) is 37.8 Å². The summed E-state index contributed by atoms with van der Waals surface area (Å²) >= 11 is 0. The first kappa shape index (κ1) is 19.4. The Bertz CT molecular complexity index is 873. The van der Waals surface area contributed by atoms with Gasteiger partial charge in [-0.25, -0.2) is 4.79 Å². The molecule has 2 aromatic carbocycles. The van der Waals surface area contributed by atoms with Gasteiger partial charge < -0.3 is 24.3 Å². The third-order valence-corrected chi connectivity index (χ3v) is 3.79. The van der Waals surface area contributed by atoms with Crippen LogP contribution >= 0.6 is 0 Å². The molecule has 2 aromatic rings. The number of ether oxygens (including phenoxy) is 4. The molecule has 0 radical (unpaired) electrons. The molecule has 0 bridgehead atoms. The summed E-state index contributed by atoms with van der Waals surface area (Å²) in [5.41, 5.74) is 0.223. The van der Waals surface area contributed by atoms with E-state index >= 15 is 0 Å². The van der Waals surface area contributed by atoms with Gasteiger partial charge in [0.2, 0.25) is 0 Å². The molecule has 148 valence electrons. The maximum Gasteiger partial charge on any atom is 0.387 e. The minimum atomic E-state index is -3.09. The van der Waals surface area contributed by atoms with E-state index in [0.29, 0.717) is 30.4 Å². The Morgan fingerprint density at radius 2 is 1.79 bits per heavy atom. The molecular weight excluding hydrogens is 376 g/mol. The van der Waals surface area contributed by atoms with Crippen LogP contribution < -0.4 is 19.5 Å². The number of esters is 1. The molecule has 0 spiro atoms. The van der Waals surface area contributed by atoms with Crippen molar-refractivity contribution in [2.75, 3.05) is 18.5 Å². The standard InChI is InChI=1S/C19H17F2NO6/c1-11(27-18(24)13-4-2-3-5-14(13)28-19(20)21)17(23)22-12-6-7-15-16(10-12)26-9-8-25-15/h2-7,10-11,19H,8-9H2,1H3,(H,22,23). The Hall–Kier alpha value is -3.36. The lowest BCUT2D eigenvalue weighted by Crippen LogP contribution is -2.30. The van der Waals surface area contributed by atoms with Crippen LogP contribution in [0, 0.1) is 0 Å². The number of anilines is 1. The number of amides is 1. The monoisotopic (exact) mass is 393 g/mol. The van der Waals surface area contributed by atoms with Crippen LogP contribution in [0.3, 0.4) is 0 Å². The first-order valence-electron chi connectivity index (χ1n) is 8.39. The van der Waals surface area contributed by atoms with E-state index < -0.39 is 24.6 Å².